The molecule has 2 aromatic heterocycles. The summed E-state index contributed by atoms with van der Waals surface area (Å²) in [6.45, 7) is 0.304. The zero-order chi connectivity index (χ0) is 9.80. The topological polar surface area (TPSA) is 61.0 Å². The Labute approximate surface area is 88.2 Å². The molecule has 0 saturated heterocycles. The number of hydrogen-bond donors (Lipinski definition) is 0. The Morgan fingerprint density at radius 2 is 2.14 bits per heavy atom. The number of nitrogens with zero attached hydrogens (tertiary/aromatic N) is 3. The van der Waals surface area contributed by atoms with Crippen LogP contribution in [0.25, 0.3) is 0 Å². The van der Waals surface area contributed by atoms with Crippen molar-refractivity contribution in [3.05, 3.63) is 34.9 Å². The van der Waals surface area contributed by atoms with Gasteiger partial charge in [-0.25, -0.2) is 9.97 Å². The van der Waals surface area contributed by atoms with Crippen molar-refractivity contribution in [2.75, 3.05) is 0 Å². The molecule has 2 heterocycles. The highest BCUT2D eigenvalue weighted by atomic mass is 79.9. The van der Waals surface area contributed by atoms with Gasteiger partial charge in [0.05, 0.1) is 4.47 Å². The maximum Gasteiger partial charge on any atom is 0.316 e. The average Bonchev–Trinajstić information content (AvgIpc) is 2.70. The summed E-state index contributed by atoms with van der Waals surface area (Å²) in [6.07, 6.45) is 4.72. The van der Waals surface area contributed by atoms with Crippen LogP contribution in [0.4, 0.5) is 0 Å². The first-order valence-electron chi connectivity index (χ1n) is 3.84. The van der Waals surface area contributed by atoms with Crippen LogP contribution in [0.3, 0.4) is 0 Å². The Morgan fingerprint density at radius 3 is 2.79 bits per heavy atom. The van der Waals surface area contributed by atoms with Crippen LogP contribution >= 0.6 is 15.9 Å². The molecule has 0 saturated carbocycles. The molecule has 0 N–H and O–H groups in total. The lowest BCUT2D eigenvalue weighted by molar-refractivity contribution is 0.267. The van der Waals surface area contributed by atoms with Gasteiger partial charge in [0, 0.05) is 18.5 Å². The molecule has 0 spiro atoms. The van der Waals surface area contributed by atoms with E-state index in [2.05, 4.69) is 35.6 Å². The van der Waals surface area contributed by atoms with Crippen LogP contribution < -0.4 is 4.74 Å². The van der Waals surface area contributed by atoms with Gasteiger partial charge in [-0.1, -0.05) is 5.16 Å². The fourth-order valence-corrected chi connectivity index (χ4v) is 1.03. The third-order valence-electron chi connectivity index (χ3n) is 1.44. The summed E-state index contributed by atoms with van der Waals surface area (Å²) in [6, 6.07) is 2.04. The van der Waals surface area contributed by atoms with Gasteiger partial charge in [-0.05, 0) is 15.9 Å². The third kappa shape index (κ3) is 2.29. The van der Waals surface area contributed by atoms with Crippen molar-refractivity contribution in [2.24, 2.45) is 0 Å². The van der Waals surface area contributed by atoms with E-state index in [-0.39, 0.29) is 0 Å². The minimum atomic E-state index is 0.304. The van der Waals surface area contributed by atoms with Gasteiger partial charge < -0.3 is 9.26 Å². The number of rotatable bonds is 3. The predicted octanol–water partition coefficient (Wildman–Crippen LogP) is 1.81. The molecule has 2 rings (SSSR count). The van der Waals surface area contributed by atoms with E-state index < -0.39 is 0 Å². The minimum Gasteiger partial charge on any atom is -0.457 e. The Kier molecular flexibility index (Phi) is 2.73. The highest BCUT2D eigenvalue weighted by Crippen LogP contribution is 2.09. The first kappa shape index (κ1) is 9.14. The van der Waals surface area contributed by atoms with Crippen molar-refractivity contribution in [1.29, 1.82) is 0 Å². The largest absolute Gasteiger partial charge is 0.457 e. The fourth-order valence-electron chi connectivity index (χ4n) is 0.825. The molecule has 0 amide bonds. The molecule has 0 atom stereocenters. The lowest BCUT2D eigenvalue weighted by Crippen LogP contribution is -1.98. The van der Waals surface area contributed by atoms with Crippen molar-refractivity contribution < 1.29 is 9.26 Å². The lowest BCUT2D eigenvalue weighted by atomic mass is 10.5. The Bertz CT molecular complexity index is 387. The smallest absolute Gasteiger partial charge is 0.316 e. The molecule has 0 aliphatic rings. The zero-order valence-electron chi connectivity index (χ0n) is 7.05. The average molecular weight is 256 g/mol. The highest BCUT2D eigenvalue weighted by molar-refractivity contribution is 9.10. The van der Waals surface area contributed by atoms with Crippen LogP contribution in [0.5, 0.6) is 6.01 Å². The van der Waals surface area contributed by atoms with Gasteiger partial charge in [0.15, 0.2) is 0 Å². The van der Waals surface area contributed by atoms with Gasteiger partial charge in [-0.3, -0.25) is 0 Å². The van der Waals surface area contributed by atoms with Crippen molar-refractivity contribution >= 4 is 15.9 Å². The van der Waals surface area contributed by atoms with Crippen molar-refractivity contribution in [3.63, 3.8) is 0 Å². The van der Waals surface area contributed by atoms with Gasteiger partial charge >= 0.3 is 6.01 Å². The lowest BCUT2D eigenvalue weighted by Gasteiger charge is -1.99. The number of aromatic nitrogens is 3. The molecule has 0 aliphatic heterocycles. The zero-order valence-corrected chi connectivity index (χ0v) is 8.64. The van der Waals surface area contributed by atoms with Gasteiger partial charge in [0.25, 0.3) is 0 Å². The monoisotopic (exact) mass is 255 g/mol. The minimum absolute atomic E-state index is 0.304. The van der Waals surface area contributed by atoms with Crippen LogP contribution in [-0.2, 0) is 6.61 Å². The molecule has 0 aromatic carbocycles. The Balaban J connectivity index is 1.95. The van der Waals surface area contributed by atoms with E-state index in [9.17, 15) is 0 Å². The van der Waals surface area contributed by atoms with E-state index in [4.69, 9.17) is 4.74 Å². The summed E-state index contributed by atoms with van der Waals surface area (Å²) >= 11 is 3.23. The maximum atomic E-state index is 5.24. The van der Waals surface area contributed by atoms with E-state index >= 15 is 0 Å². The van der Waals surface area contributed by atoms with Crippen LogP contribution in [0.2, 0.25) is 0 Å². The summed E-state index contributed by atoms with van der Waals surface area (Å²) in [5, 5.41) is 3.68. The fraction of sp³-hybridized carbons (Fsp3) is 0.125. The molecule has 6 heteroatoms. The first-order valence-corrected chi connectivity index (χ1v) is 4.63. The van der Waals surface area contributed by atoms with E-state index in [0.29, 0.717) is 18.3 Å². The van der Waals surface area contributed by atoms with E-state index in [0.717, 1.165) is 4.47 Å². The second-order valence-electron chi connectivity index (χ2n) is 2.46. The molecule has 2 aromatic rings. The predicted molar refractivity (Wildman–Crippen MR) is 50.6 cm³/mol. The van der Waals surface area contributed by atoms with E-state index in [1.165, 1.54) is 6.26 Å². The normalized spacial score (nSPS) is 10.1. The molecule has 0 unspecified atom stereocenters. The van der Waals surface area contributed by atoms with Crippen molar-refractivity contribution in [2.45, 2.75) is 6.61 Å². The molecular formula is C8H6BrN3O2. The number of ether oxygens (including phenoxy) is 1. The molecular weight excluding hydrogens is 250 g/mol. The van der Waals surface area contributed by atoms with Crippen molar-refractivity contribution in [1.82, 2.24) is 15.1 Å². The summed E-state index contributed by atoms with van der Waals surface area (Å²) < 4.78 is 10.7. The molecule has 0 aliphatic carbocycles. The number of halogens is 1. The van der Waals surface area contributed by atoms with E-state index in [1.54, 1.807) is 18.5 Å². The highest BCUT2D eigenvalue weighted by Gasteiger charge is 2.00. The molecule has 72 valence electrons. The van der Waals surface area contributed by atoms with Gasteiger partial charge in [-0.2, -0.15) is 0 Å². The number of hydrogen-bond acceptors (Lipinski definition) is 5. The van der Waals surface area contributed by atoms with Crippen LogP contribution in [0, 0.1) is 0 Å². The summed E-state index contributed by atoms with van der Waals surface area (Å²) in [5.74, 6) is 0. The van der Waals surface area contributed by atoms with E-state index in [1.807, 2.05) is 0 Å². The molecule has 14 heavy (non-hydrogen) atoms. The van der Waals surface area contributed by atoms with Gasteiger partial charge in [0.1, 0.15) is 18.6 Å². The molecule has 0 fully saturated rings. The first-order chi connectivity index (χ1) is 6.84. The second-order valence-corrected chi connectivity index (χ2v) is 3.38. The summed E-state index contributed by atoms with van der Waals surface area (Å²) in [5.41, 5.74) is 0.705. The maximum absolute atomic E-state index is 5.24. The quantitative estimate of drug-likeness (QED) is 0.837. The SMILES string of the molecule is Brc1cnc(OCc2ccon2)nc1. The van der Waals surface area contributed by atoms with Crippen molar-refractivity contribution in [3.8, 4) is 6.01 Å². The second kappa shape index (κ2) is 4.19. The molecule has 0 radical (unpaired) electrons. The Morgan fingerprint density at radius 1 is 1.36 bits per heavy atom. The Hall–Kier alpha value is -1.43. The molecule has 5 nitrogen and oxygen atoms in total. The molecule has 0 bridgehead atoms. The van der Waals surface area contributed by atoms with Crippen LogP contribution in [0.1, 0.15) is 5.69 Å². The van der Waals surface area contributed by atoms with Crippen LogP contribution in [-0.4, -0.2) is 15.1 Å². The standard InChI is InChI=1S/C8H6BrN3O2/c9-6-3-10-8(11-4-6)13-5-7-1-2-14-12-7/h1-4H,5H2. The third-order valence-corrected chi connectivity index (χ3v) is 1.85. The van der Waals surface area contributed by atoms with Gasteiger partial charge in [-0.15, -0.1) is 0 Å². The van der Waals surface area contributed by atoms with Crippen LogP contribution in [0.15, 0.2) is 33.7 Å². The van der Waals surface area contributed by atoms with Gasteiger partial charge in [0.2, 0.25) is 0 Å². The summed E-state index contributed by atoms with van der Waals surface area (Å²) in [7, 11) is 0. The summed E-state index contributed by atoms with van der Waals surface area (Å²) in [4.78, 5) is 7.88.